The van der Waals surface area contributed by atoms with E-state index in [1.54, 1.807) is 0 Å². The van der Waals surface area contributed by atoms with Crippen LogP contribution in [-0.4, -0.2) is 26.4 Å². The highest BCUT2D eigenvalue weighted by molar-refractivity contribution is 7.99. The normalized spacial score (nSPS) is 14.1. The number of thioether (sulfide) groups is 1. The van der Waals surface area contributed by atoms with Gasteiger partial charge in [0, 0.05) is 11.7 Å². The predicted octanol–water partition coefficient (Wildman–Crippen LogP) is 2.07. The number of nitrogens with zero attached hydrogens (tertiary/aromatic N) is 3. The summed E-state index contributed by atoms with van der Waals surface area (Å²) in [5.41, 5.74) is 6.33. The zero-order valence-corrected chi connectivity index (χ0v) is 11.9. The van der Waals surface area contributed by atoms with Crippen LogP contribution < -0.4 is 11.1 Å². The van der Waals surface area contributed by atoms with Crippen molar-refractivity contribution in [2.24, 2.45) is 0 Å². The lowest BCUT2D eigenvalue weighted by Gasteiger charge is -2.06. The van der Waals surface area contributed by atoms with Crippen molar-refractivity contribution in [2.75, 3.05) is 16.8 Å². The Labute approximate surface area is 124 Å². The van der Waals surface area contributed by atoms with Gasteiger partial charge in [-0.1, -0.05) is 11.8 Å². The maximum Gasteiger partial charge on any atom is 0.234 e. The van der Waals surface area contributed by atoms with E-state index in [0.29, 0.717) is 22.8 Å². The lowest BCUT2D eigenvalue weighted by Crippen LogP contribution is -2.14. The first-order valence-corrected chi connectivity index (χ1v) is 7.50. The Morgan fingerprint density at radius 1 is 1.38 bits per heavy atom. The lowest BCUT2D eigenvalue weighted by molar-refractivity contribution is -0.113. The van der Waals surface area contributed by atoms with E-state index in [0.717, 1.165) is 12.8 Å². The molecular weight excluding hydrogens is 293 g/mol. The maximum absolute atomic E-state index is 12.8. The largest absolute Gasteiger partial charge is 0.368 e. The molecule has 1 fully saturated rings. The second-order valence-corrected chi connectivity index (χ2v) is 5.73. The van der Waals surface area contributed by atoms with Gasteiger partial charge >= 0.3 is 0 Å². The molecule has 0 bridgehead atoms. The first-order chi connectivity index (χ1) is 10.1. The molecule has 0 spiro atoms. The number of hydrogen-bond acceptors (Lipinski definition) is 5. The maximum atomic E-state index is 12.8. The molecule has 6 nitrogen and oxygen atoms in total. The number of hydrogen-bond donors (Lipinski definition) is 2. The van der Waals surface area contributed by atoms with Gasteiger partial charge in [-0.25, -0.2) is 4.39 Å². The molecule has 1 amide bonds. The third-order valence-electron chi connectivity index (χ3n) is 3.06. The van der Waals surface area contributed by atoms with Crippen LogP contribution in [0.2, 0.25) is 0 Å². The van der Waals surface area contributed by atoms with E-state index >= 15 is 0 Å². The molecule has 2 aromatic rings. The fourth-order valence-corrected chi connectivity index (χ4v) is 2.74. The molecule has 1 aliphatic carbocycles. The molecule has 3 rings (SSSR count). The number of nitrogens with one attached hydrogen (secondary N) is 1. The number of halogens is 1. The second kappa shape index (κ2) is 5.72. The van der Waals surface area contributed by atoms with Crippen molar-refractivity contribution in [3.63, 3.8) is 0 Å². The summed E-state index contributed by atoms with van der Waals surface area (Å²) < 4.78 is 14.6. The van der Waals surface area contributed by atoms with E-state index in [-0.39, 0.29) is 17.5 Å². The summed E-state index contributed by atoms with van der Waals surface area (Å²) in [5.74, 6) is 0.0623. The molecule has 1 aromatic heterocycles. The van der Waals surface area contributed by atoms with Crippen molar-refractivity contribution in [1.29, 1.82) is 0 Å². The van der Waals surface area contributed by atoms with Gasteiger partial charge in [-0.3, -0.25) is 9.36 Å². The Hall–Kier alpha value is -2.09. The first kappa shape index (κ1) is 13.9. The van der Waals surface area contributed by atoms with Gasteiger partial charge in [-0.15, -0.1) is 10.2 Å². The number of carbonyl (C=O) groups is 1. The number of carbonyl (C=O) groups excluding carboxylic acids is 1. The number of nitrogens with two attached hydrogens (primary N) is 1. The average molecular weight is 307 g/mol. The fourth-order valence-electron chi connectivity index (χ4n) is 1.92. The Morgan fingerprint density at radius 2 is 2.10 bits per heavy atom. The monoisotopic (exact) mass is 307 g/mol. The average Bonchev–Trinajstić information content (AvgIpc) is 3.23. The molecule has 0 unspecified atom stereocenters. The molecule has 1 aliphatic rings. The van der Waals surface area contributed by atoms with Gasteiger partial charge in [0.15, 0.2) is 5.16 Å². The van der Waals surface area contributed by atoms with Crippen LogP contribution in [0.3, 0.4) is 0 Å². The topological polar surface area (TPSA) is 85.8 Å². The van der Waals surface area contributed by atoms with E-state index in [1.807, 2.05) is 4.57 Å². The van der Waals surface area contributed by atoms with Gasteiger partial charge in [-0.2, -0.15) is 0 Å². The van der Waals surface area contributed by atoms with Crippen molar-refractivity contribution in [1.82, 2.24) is 14.8 Å². The quantitative estimate of drug-likeness (QED) is 0.826. The minimum atomic E-state index is -0.338. The van der Waals surface area contributed by atoms with Crippen LogP contribution in [-0.2, 0) is 4.79 Å². The van der Waals surface area contributed by atoms with Crippen molar-refractivity contribution < 1.29 is 9.18 Å². The van der Waals surface area contributed by atoms with Crippen LogP contribution in [0.15, 0.2) is 29.4 Å². The van der Waals surface area contributed by atoms with E-state index in [4.69, 9.17) is 5.73 Å². The Bertz CT molecular complexity index is 653. The van der Waals surface area contributed by atoms with Crippen molar-refractivity contribution in [3.05, 3.63) is 30.1 Å². The van der Waals surface area contributed by atoms with Gasteiger partial charge in [-0.05, 0) is 37.1 Å². The number of nitrogen functional groups attached to an aromatic ring is 1. The zero-order chi connectivity index (χ0) is 14.8. The Morgan fingerprint density at radius 3 is 2.76 bits per heavy atom. The Balaban J connectivity index is 1.57. The summed E-state index contributed by atoms with van der Waals surface area (Å²) >= 11 is 1.29. The summed E-state index contributed by atoms with van der Waals surface area (Å²) in [6.45, 7) is 0. The van der Waals surface area contributed by atoms with E-state index < -0.39 is 0 Å². The zero-order valence-electron chi connectivity index (χ0n) is 11.1. The van der Waals surface area contributed by atoms with Crippen LogP contribution >= 0.6 is 11.8 Å². The Kier molecular flexibility index (Phi) is 3.78. The number of anilines is 2. The molecule has 1 saturated carbocycles. The second-order valence-electron chi connectivity index (χ2n) is 4.79. The highest BCUT2D eigenvalue weighted by Gasteiger charge is 2.29. The molecule has 110 valence electrons. The molecule has 1 heterocycles. The molecule has 3 N–H and O–H groups in total. The SMILES string of the molecule is Nc1nnc(SCC(=O)Nc2ccc(F)cc2)n1C1CC1. The number of rotatable bonds is 5. The van der Waals surface area contributed by atoms with Crippen LogP contribution in [0.1, 0.15) is 18.9 Å². The molecule has 8 heteroatoms. The van der Waals surface area contributed by atoms with E-state index in [2.05, 4.69) is 15.5 Å². The highest BCUT2D eigenvalue weighted by atomic mass is 32.2. The summed E-state index contributed by atoms with van der Waals surface area (Å²) in [4.78, 5) is 11.9. The van der Waals surface area contributed by atoms with E-state index in [9.17, 15) is 9.18 Å². The molecule has 0 aliphatic heterocycles. The standard InChI is InChI=1S/C13H14FN5OS/c14-8-1-3-9(4-2-8)16-11(20)7-21-13-18-17-12(15)19(13)10-5-6-10/h1-4,10H,5-7H2,(H2,15,17)(H,16,20). The summed E-state index contributed by atoms with van der Waals surface area (Å²) in [6, 6.07) is 5.99. The van der Waals surface area contributed by atoms with Crippen molar-refractivity contribution in [2.45, 2.75) is 24.0 Å². The third kappa shape index (κ3) is 3.33. The lowest BCUT2D eigenvalue weighted by atomic mass is 10.3. The van der Waals surface area contributed by atoms with Gasteiger partial charge in [0.2, 0.25) is 11.9 Å². The minimum absolute atomic E-state index is 0.185. The van der Waals surface area contributed by atoms with Gasteiger partial charge < -0.3 is 11.1 Å². The molecule has 0 atom stereocenters. The van der Waals surface area contributed by atoms with E-state index in [1.165, 1.54) is 36.0 Å². The fraction of sp³-hybridized carbons (Fsp3) is 0.308. The van der Waals surface area contributed by atoms with Gasteiger partial charge in [0.25, 0.3) is 0 Å². The molecule has 1 aromatic carbocycles. The summed E-state index contributed by atoms with van der Waals surface area (Å²) in [7, 11) is 0. The van der Waals surface area contributed by atoms with Crippen molar-refractivity contribution >= 4 is 29.3 Å². The van der Waals surface area contributed by atoms with Crippen LogP contribution in [0.5, 0.6) is 0 Å². The van der Waals surface area contributed by atoms with Crippen LogP contribution in [0, 0.1) is 5.82 Å². The molecular formula is C13H14FN5OS. The summed E-state index contributed by atoms with van der Waals surface area (Å²) in [6.07, 6.45) is 2.13. The smallest absolute Gasteiger partial charge is 0.234 e. The van der Waals surface area contributed by atoms with Gasteiger partial charge in [0.1, 0.15) is 5.82 Å². The van der Waals surface area contributed by atoms with Crippen molar-refractivity contribution in [3.8, 4) is 0 Å². The first-order valence-electron chi connectivity index (χ1n) is 6.52. The van der Waals surface area contributed by atoms with Crippen LogP contribution in [0.25, 0.3) is 0 Å². The highest BCUT2D eigenvalue weighted by Crippen LogP contribution is 2.39. The molecule has 21 heavy (non-hydrogen) atoms. The predicted molar refractivity (Wildman–Crippen MR) is 78.5 cm³/mol. The number of aromatic nitrogens is 3. The molecule has 0 radical (unpaired) electrons. The van der Waals surface area contributed by atoms with Crippen LogP contribution in [0.4, 0.5) is 16.0 Å². The number of benzene rings is 1. The molecule has 0 saturated heterocycles. The van der Waals surface area contributed by atoms with Gasteiger partial charge in [0.05, 0.1) is 5.75 Å². The number of amides is 1. The summed E-state index contributed by atoms with van der Waals surface area (Å²) in [5, 5.41) is 11.2. The minimum Gasteiger partial charge on any atom is -0.368 e. The third-order valence-corrected chi connectivity index (χ3v) is 4.01.